The highest BCUT2D eigenvalue weighted by atomic mass is 16.3. The zero-order chi connectivity index (χ0) is 17.1. The molecule has 0 amide bonds. The maximum Gasteiger partial charge on any atom is 0.239 e. The number of aromatic nitrogens is 1. The third-order valence-corrected chi connectivity index (χ3v) is 3.78. The molecule has 0 radical (unpaired) electrons. The van der Waals surface area contributed by atoms with Crippen LogP contribution in [0.15, 0.2) is 59.4 Å². The van der Waals surface area contributed by atoms with Crippen LogP contribution in [0.5, 0.6) is 0 Å². The first kappa shape index (κ1) is 15.8. The van der Waals surface area contributed by atoms with Crippen LogP contribution < -0.4 is 0 Å². The van der Waals surface area contributed by atoms with Gasteiger partial charge in [0, 0.05) is 17.3 Å². The van der Waals surface area contributed by atoms with Crippen LogP contribution in [0.4, 0.5) is 5.69 Å². The molecule has 1 aromatic carbocycles. The van der Waals surface area contributed by atoms with Crippen molar-refractivity contribution < 1.29 is 14.7 Å². The number of carbonyl (C=O) groups excluding carboxylic acids is 2. The standard InChI is InChI=1S/C19H16N2O3/c1-2-6-15(21-12-7-5-10-20-11-12)16-17(22)13-8-3-4-9-14(13)18(23)19(16)24/h3-5,7-11,22H,2,6H2,1H3. The number of hydrogen-bond donors (Lipinski definition) is 1. The lowest BCUT2D eigenvalue weighted by molar-refractivity contribution is -0.111. The van der Waals surface area contributed by atoms with Crippen molar-refractivity contribution >= 4 is 28.7 Å². The van der Waals surface area contributed by atoms with Gasteiger partial charge in [0.15, 0.2) is 0 Å². The number of aliphatic imine (C=N–C) groups is 1. The second-order valence-electron chi connectivity index (χ2n) is 5.45. The predicted molar refractivity (Wildman–Crippen MR) is 91.6 cm³/mol. The highest BCUT2D eigenvalue weighted by Crippen LogP contribution is 2.30. The number of aliphatic hydroxyl groups is 1. The summed E-state index contributed by atoms with van der Waals surface area (Å²) >= 11 is 0. The van der Waals surface area contributed by atoms with Gasteiger partial charge >= 0.3 is 0 Å². The highest BCUT2D eigenvalue weighted by molar-refractivity contribution is 6.57. The molecule has 0 aliphatic heterocycles. The van der Waals surface area contributed by atoms with Crippen LogP contribution in [0.25, 0.3) is 5.76 Å². The molecule has 1 aliphatic carbocycles. The largest absolute Gasteiger partial charge is 0.506 e. The summed E-state index contributed by atoms with van der Waals surface area (Å²) < 4.78 is 0. The van der Waals surface area contributed by atoms with Crippen molar-refractivity contribution in [2.45, 2.75) is 19.8 Å². The van der Waals surface area contributed by atoms with Gasteiger partial charge in [0.05, 0.1) is 23.2 Å². The first-order valence-corrected chi connectivity index (χ1v) is 7.73. The number of nitrogens with zero attached hydrogens (tertiary/aromatic N) is 2. The number of benzene rings is 1. The molecule has 2 aromatic rings. The van der Waals surface area contributed by atoms with Gasteiger partial charge in [-0.2, -0.15) is 0 Å². The fraction of sp³-hybridized carbons (Fsp3) is 0.158. The Balaban J connectivity index is 2.19. The van der Waals surface area contributed by atoms with Gasteiger partial charge in [-0.3, -0.25) is 19.6 Å². The van der Waals surface area contributed by atoms with Crippen molar-refractivity contribution in [1.29, 1.82) is 0 Å². The van der Waals surface area contributed by atoms with Crippen molar-refractivity contribution in [3.8, 4) is 0 Å². The molecule has 1 aliphatic rings. The first-order chi connectivity index (χ1) is 11.6. The van der Waals surface area contributed by atoms with Crippen LogP contribution in [0.2, 0.25) is 0 Å². The molecule has 5 heteroatoms. The summed E-state index contributed by atoms with van der Waals surface area (Å²) in [6, 6.07) is 10.0. The Bertz CT molecular complexity index is 867. The van der Waals surface area contributed by atoms with Crippen LogP contribution in [0.3, 0.4) is 0 Å². The van der Waals surface area contributed by atoms with E-state index in [2.05, 4.69) is 9.98 Å². The lowest BCUT2D eigenvalue weighted by Gasteiger charge is -2.18. The smallest absolute Gasteiger partial charge is 0.239 e. The average molecular weight is 320 g/mol. The summed E-state index contributed by atoms with van der Waals surface area (Å²) in [5, 5.41) is 10.6. The Morgan fingerprint density at radius 3 is 2.50 bits per heavy atom. The maximum atomic E-state index is 12.5. The molecule has 0 saturated heterocycles. The maximum absolute atomic E-state index is 12.5. The number of ketones is 2. The number of Topliss-reactive ketones (excluding diaryl/α,β-unsaturated/α-hetero) is 2. The number of carbonyl (C=O) groups is 2. The Kier molecular flexibility index (Phi) is 4.33. The summed E-state index contributed by atoms with van der Waals surface area (Å²) in [6.07, 6.45) is 4.38. The Hall–Kier alpha value is -3.08. The highest BCUT2D eigenvalue weighted by Gasteiger charge is 2.34. The minimum Gasteiger partial charge on any atom is -0.506 e. The second kappa shape index (κ2) is 6.58. The van der Waals surface area contributed by atoms with Crippen molar-refractivity contribution in [2.75, 3.05) is 0 Å². The lowest BCUT2D eigenvalue weighted by Crippen LogP contribution is -2.28. The molecule has 1 N–H and O–H groups in total. The van der Waals surface area contributed by atoms with E-state index < -0.39 is 11.6 Å². The van der Waals surface area contributed by atoms with Gasteiger partial charge < -0.3 is 5.11 Å². The van der Waals surface area contributed by atoms with Crippen molar-refractivity contribution in [3.63, 3.8) is 0 Å². The molecular weight excluding hydrogens is 304 g/mol. The monoisotopic (exact) mass is 320 g/mol. The van der Waals surface area contributed by atoms with Gasteiger partial charge in [0.2, 0.25) is 11.6 Å². The van der Waals surface area contributed by atoms with Gasteiger partial charge in [0.1, 0.15) is 5.76 Å². The number of rotatable bonds is 4. The van der Waals surface area contributed by atoms with Crippen LogP contribution in [0, 0.1) is 0 Å². The molecule has 5 nitrogen and oxygen atoms in total. The normalized spacial score (nSPS) is 14.8. The van der Waals surface area contributed by atoms with E-state index in [-0.39, 0.29) is 16.9 Å². The topological polar surface area (TPSA) is 79.6 Å². The van der Waals surface area contributed by atoms with E-state index >= 15 is 0 Å². The third-order valence-electron chi connectivity index (χ3n) is 3.78. The summed E-state index contributed by atoms with van der Waals surface area (Å²) in [6.45, 7) is 1.94. The molecule has 0 bridgehead atoms. The zero-order valence-corrected chi connectivity index (χ0v) is 13.2. The molecular formula is C19H16N2O3. The van der Waals surface area contributed by atoms with Crippen LogP contribution in [0.1, 0.15) is 35.7 Å². The van der Waals surface area contributed by atoms with E-state index in [1.54, 1.807) is 48.8 Å². The first-order valence-electron chi connectivity index (χ1n) is 7.73. The Morgan fingerprint density at radius 1 is 1.08 bits per heavy atom. The van der Waals surface area contributed by atoms with E-state index in [0.29, 0.717) is 23.4 Å². The van der Waals surface area contributed by atoms with E-state index in [9.17, 15) is 14.7 Å². The van der Waals surface area contributed by atoms with Crippen molar-refractivity contribution in [1.82, 2.24) is 4.98 Å². The average Bonchev–Trinajstić information content (AvgIpc) is 2.61. The molecule has 0 spiro atoms. The zero-order valence-electron chi connectivity index (χ0n) is 13.2. The molecule has 1 aromatic heterocycles. The lowest BCUT2D eigenvalue weighted by atomic mass is 9.85. The fourth-order valence-electron chi connectivity index (χ4n) is 2.68. The van der Waals surface area contributed by atoms with Crippen LogP contribution in [-0.4, -0.2) is 27.4 Å². The molecule has 0 atom stereocenters. The number of allylic oxidation sites excluding steroid dienone is 1. The van der Waals surface area contributed by atoms with E-state index in [4.69, 9.17) is 0 Å². The molecule has 1 heterocycles. The molecule has 3 rings (SSSR count). The number of aliphatic hydroxyl groups excluding tert-OH is 1. The van der Waals surface area contributed by atoms with Crippen LogP contribution in [-0.2, 0) is 4.79 Å². The van der Waals surface area contributed by atoms with Crippen LogP contribution >= 0.6 is 0 Å². The van der Waals surface area contributed by atoms with E-state index in [0.717, 1.165) is 6.42 Å². The van der Waals surface area contributed by atoms with Gasteiger partial charge in [0.25, 0.3) is 0 Å². The van der Waals surface area contributed by atoms with Crippen molar-refractivity contribution in [2.24, 2.45) is 4.99 Å². The number of fused-ring (bicyclic) bond motifs is 1. The summed E-state index contributed by atoms with van der Waals surface area (Å²) in [7, 11) is 0. The summed E-state index contributed by atoms with van der Waals surface area (Å²) in [5.74, 6) is -1.53. The summed E-state index contributed by atoms with van der Waals surface area (Å²) in [5.41, 5.74) is 1.55. The number of hydrogen-bond acceptors (Lipinski definition) is 5. The molecule has 0 fully saturated rings. The minimum atomic E-state index is -0.720. The molecule has 0 unspecified atom stereocenters. The van der Waals surface area contributed by atoms with Gasteiger partial charge in [-0.25, -0.2) is 0 Å². The van der Waals surface area contributed by atoms with Gasteiger partial charge in [-0.15, -0.1) is 0 Å². The Labute approximate surface area is 139 Å². The minimum absolute atomic E-state index is 0.00981. The van der Waals surface area contributed by atoms with Gasteiger partial charge in [-0.05, 0) is 18.6 Å². The molecule has 24 heavy (non-hydrogen) atoms. The van der Waals surface area contributed by atoms with E-state index in [1.807, 2.05) is 6.92 Å². The second-order valence-corrected chi connectivity index (χ2v) is 5.45. The van der Waals surface area contributed by atoms with Crippen molar-refractivity contribution in [3.05, 3.63) is 65.5 Å². The molecule has 120 valence electrons. The number of pyridine rings is 1. The SMILES string of the molecule is CCCC(=Nc1cccnc1)C1=C(O)c2ccccc2C(=O)C1=O. The third kappa shape index (κ3) is 2.76. The van der Waals surface area contributed by atoms with Gasteiger partial charge in [-0.1, -0.05) is 37.6 Å². The fourth-order valence-corrected chi connectivity index (χ4v) is 2.68. The molecule has 0 saturated carbocycles. The predicted octanol–water partition coefficient (Wildman–Crippen LogP) is 3.69. The van der Waals surface area contributed by atoms with E-state index in [1.165, 1.54) is 0 Å². The quantitative estimate of drug-likeness (QED) is 0.688. The Morgan fingerprint density at radius 2 is 1.83 bits per heavy atom. The summed E-state index contributed by atoms with van der Waals surface area (Å²) in [4.78, 5) is 33.4.